The molecule has 156 valence electrons. The van der Waals surface area contributed by atoms with Gasteiger partial charge < -0.3 is 26.7 Å². The quantitative estimate of drug-likeness (QED) is 0.320. The Morgan fingerprint density at radius 3 is 1.75 bits per heavy atom. The van der Waals surface area contributed by atoms with E-state index in [4.69, 9.17) is 9.47 Å². The van der Waals surface area contributed by atoms with E-state index in [0.717, 1.165) is 11.3 Å². The van der Waals surface area contributed by atoms with Crippen LogP contribution in [-0.4, -0.2) is 18.6 Å². The van der Waals surface area contributed by atoms with Crippen molar-refractivity contribution in [2.75, 3.05) is 0 Å². The lowest BCUT2D eigenvalue weighted by atomic mass is 10.1. The lowest BCUT2D eigenvalue weighted by Gasteiger charge is -2.29. The van der Waals surface area contributed by atoms with E-state index in [9.17, 15) is 17.3 Å². The second-order valence-corrected chi connectivity index (χ2v) is 11.0. The molecule has 0 bridgehead atoms. The summed E-state index contributed by atoms with van der Waals surface area (Å²) in [4.78, 5) is 0. The van der Waals surface area contributed by atoms with Crippen LogP contribution in [0.15, 0.2) is 36.8 Å². The Bertz CT molecular complexity index is 640. The van der Waals surface area contributed by atoms with Crippen molar-refractivity contribution in [1.82, 2.24) is 0 Å². The molecule has 0 amide bonds. The minimum absolute atomic E-state index is 0.569. The molecule has 2 fully saturated rings. The number of rotatable bonds is 4. The SMILES string of the molecule is CC1(c2ccccc2[PH+](C2CCCC2)C2CCCC2)OC=CO1.F[B-](F)(F)F. The number of ether oxygens (including phenoxy) is 2. The van der Waals surface area contributed by atoms with E-state index in [1.807, 2.05) is 0 Å². The molecule has 4 rings (SSSR count). The molecular formula is C20H28BF4O2P. The summed E-state index contributed by atoms with van der Waals surface area (Å²) < 4.78 is 50.7. The summed E-state index contributed by atoms with van der Waals surface area (Å²) in [5.41, 5.74) is 3.17. The molecule has 2 saturated carbocycles. The van der Waals surface area contributed by atoms with Crippen molar-refractivity contribution in [3.8, 4) is 0 Å². The van der Waals surface area contributed by atoms with Gasteiger partial charge in [0, 0.05) is 14.8 Å². The minimum atomic E-state index is -6.00. The fourth-order valence-electron chi connectivity index (χ4n) is 4.85. The highest BCUT2D eigenvalue weighted by Crippen LogP contribution is 2.57. The molecule has 0 N–H and O–H groups in total. The van der Waals surface area contributed by atoms with Crippen molar-refractivity contribution in [3.63, 3.8) is 0 Å². The Hall–Kier alpha value is -1.23. The number of hydrogen-bond donors (Lipinski definition) is 0. The van der Waals surface area contributed by atoms with E-state index in [1.54, 1.807) is 17.8 Å². The van der Waals surface area contributed by atoms with Gasteiger partial charge in [0.1, 0.15) is 17.8 Å². The monoisotopic (exact) mass is 418 g/mol. The van der Waals surface area contributed by atoms with Crippen LogP contribution in [-0.2, 0) is 15.3 Å². The van der Waals surface area contributed by atoms with Crippen molar-refractivity contribution < 1.29 is 26.7 Å². The molecule has 28 heavy (non-hydrogen) atoms. The average molecular weight is 418 g/mol. The molecule has 1 heterocycles. The standard InChI is InChI=1S/C20H27O2P.BF4/c1-20(21-14-15-22-20)18-12-6-7-13-19(18)23(16-8-2-3-9-16)17-10-4-5-11-17;2-1(3,4)5/h6-7,12-17H,2-5,8-11H2,1H3;/q;-1/p+1. The van der Waals surface area contributed by atoms with Gasteiger partial charge in [-0.2, -0.15) is 0 Å². The number of benzene rings is 1. The third-order valence-electron chi connectivity index (χ3n) is 5.96. The van der Waals surface area contributed by atoms with Crippen LogP contribution in [0.25, 0.3) is 0 Å². The molecule has 0 radical (unpaired) electrons. The zero-order valence-corrected chi connectivity index (χ0v) is 17.2. The smallest absolute Gasteiger partial charge is 0.453 e. The van der Waals surface area contributed by atoms with Gasteiger partial charge >= 0.3 is 7.25 Å². The van der Waals surface area contributed by atoms with Crippen LogP contribution in [0.1, 0.15) is 63.9 Å². The molecule has 0 atom stereocenters. The van der Waals surface area contributed by atoms with Crippen LogP contribution in [0, 0.1) is 0 Å². The van der Waals surface area contributed by atoms with Crippen LogP contribution in [0.5, 0.6) is 0 Å². The maximum atomic E-state index is 9.75. The van der Waals surface area contributed by atoms with Crippen LogP contribution in [0.3, 0.4) is 0 Å². The maximum absolute atomic E-state index is 9.75. The highest BCUT2D eigenvalue weighted by atomic mass is 31.1. The number of hydrogen-bond acceptors (Lipinski definition) is 2. The van der Waals surface area contributed by atoms with Crippen molar-refractivity contribution in [2.24, 2.45) is 0 Å². The first-order valence-electron chi connectivity index (χ1n) is 10.1. The maximum Gasteiger partial charge on any atom is 0.673 e. The topological polar surface area (TPSA) is 18.5 Å². The molecule has 3 aliphatic rings. The van der Waals surface area contributed by atoms with Crippen molar-refractivity contribution in [3.05, 3.63) is 42.4 Å². The highest BCUT2D eigenvalue weighted by molar-refractivity contribution is 7.67. The Balaban J connectivity index is 0.000000403. The van der Waals surface area contributed by atoms with Gasteiger partial charge in [0.25, 0.3) is 5.79 Å². The summed E-state index contributed by atoms with van der Waals surface area (Å²) in [6, 6.07) is 8.98. The summed E-state index contributed by atoms with van der Waals surface area (Å²) in [5.74, 6) is -0.621. The van der Waals surface area contributed by atoms with E-state index in [1.165, 1.54) is 56.9 Å². The zero-order valence-electron chi connectivity index (χ0n) is 16.2. The largest absolute Gasteiger partial charge is 0.673 e. The first-order valence-corrected chi connectivity index (χ1v) is 11.8. The highest BCUT2D eigenvalue weighted by Gasteiger charge is 2.45. The Kier molecular flexibility index (Phi) is 6.96. The van der Waals surface area contributed by atoms with Gasteiger partial charge in [-0.1, -0.05) is 12.1 Å². The summed E-state index contributed by atoms with van der Waals surface area (Å²) in [7, 11) is -6.57. The van der Waals surface area contributed by atoms with Gasteiger partial charge in [0.2, 0.25) is 0 Å². The van der Waals surface area contributed by atoms with E-state index < -0.39 is 21.0 Å². The molecule has 2 aliphatic carbocycles. The molecule has 0 unspecified atom stereocenters. The molecule has 1 aromatic rings. The summed E-state index contributed by atoms with van der Waals surface area (Å²) in [6.45, 7) is 2.06. The van der Waals surface area contributed by atoms with Crippen molar-refractivity contribution >= 4 is 20.5 Å². The zero-order chi connectivity index (χ0) is 20.2. The molecule has 2 nitrogen and oxygen atoms in total. The van der Waals surface area contributed by atoms with E-state index >= 15 is 0 Å². The molecule has 0 aromatic heterocycles. The predicted octanol–water partition coefficient (Wildman–Crippen LogP) is 6.40. The summed E-state index contributed by atoms with van der Waals surface area (Å²) in [6.07, 6.45) is 14.9. The molecule has 1 aliphatic heterocycles. The van der Waals surface area contributed by atoms with Gasteiger partial charge in [0.15, 0.2) is 0 Å². The predicted molar refractivity (Wildman–Crippen MR) is 108 cm³/mol. The average Bonchev–Trinajstić information content (AvgIpc) is 3.37. The molecule has 0 spiro atoms. The minimum Gasteiger partial charge on any atom is -0.453 e. The third kappa shape index (κ3) is 5.43. The molecule has 0 saturated heterocycles. The summed E-state index contributed by atoms with van der Waals surface area (Å²) >= 11 is 0. The first-order chi connectivity index (χ1) is 13.3. The van der Waals surface area contributed by atoms with Crippen LogP contribution < -0.4 is 5.30 Å². The van der Waals surface area contributed by atoms with Crippen LogP contribution in [0.2, 0.25) is 0 Å². The van der Waals surface area contributed by atoms with Gasteiger partial charge in [-0.15, -0.1) is 0 Å². The van der Waals surface area contributed by atoms with Gasteiger partial charge in [-0.25, -0.2) is 0 Å². The third-order valence-corrected chi connectivity index (χ3v) is 9.93. The Morgan fingerprint density at radius 2 is 1.29 bits per heavy atom. The lowest BCUT2D eigenvalue weighted by molar-refractivity contribution is -0.132. The van der Waals surface area contributed by atoms with E-state index in [0.29, 0.717) is 0 Å². The fraction of sp³-hybridized carbons (Fsp3) is 0.600. The van der Waals surface area contributed by atoms with E-state index in [-0.39, 0.29) is 0 Å². The fourth-order valence-corrected chi connectivity index (χ4v) is 9.36. The Morgan fingerprint density at radius 1 is 0.857 bits per heavy atom. The van der Waals surface area contributed by atoms with Gasteiger partial charge in [-0.3, -0.25) is 0 Å². The second kappa shape index (κ2) is 9.07. The normalized spacial score (nSPS) is 22.1. The van der Waals surface area contributed by atoms with Crippen molar-refractivity contribution in [2.45, 2.75) is 75.4 Å². The van der Waals surface area contributed by atoms with Crippen molar-refractivity contribution in [1.29, 1.82) is 0 Å². The summed E-state index contributed by atoms with van der Waals surface area (Å²) in [5, 5.41) is 1.59. The second-order valence-electron chi connectivity index (χ2n) is 7.91. The molecular weight excluding hydrogens is 390 g/mol. The van der Waals surface area contributed by atoms with Crippen LogP contribution in [0.4, 0.5) is 17.3 Å². The molecule has 8 heteroatoms. The van der Waals surface area contributed by atoms with E-state index in [2.05, 4.69) is 31.2 Å². The van der Waals surface area contributed by atoms with Gasteiger partial charge in [-0.05, 0) is 63.5 Å². The Labute approximate surface area is 165 Å². The first kappa shape index (κ1) is 21.5. The van der Waals surface area contributed by atoms with Crippen LogP contribution >= 0.6 is 7.92 Å². The van der Waals surface area contributed by atoms with Gasteiger partial charge in [0.05, 0.1) is 16.9 Å². The lowest BCUT2D eigenvalue weighted by Crippen LogP contribution is -2.32. The number of halogens is 4. The molecule has 1 aromatic carbocycles.